The third-order valence-electron chi connectivity index (χ3n) is 2.49. The fourth-order valence-corrected chi connectivity index (χ4v) is 1.56. The topological polar surface area (TPSA) is 37.3 Å². The van der Waals surface area contributed by atoms with E-state index in [0.29, 0.717) is 5.92 Å². The fraction of sp³-hybridized carbons (Fsp3) is 0.462. The lowest BCUT2D eigenvalue weighted by atomic mass is 9.97. The molecule has 90 valence electrons. The Hall–Kier alpha value is -0.880. The summed E-state index contributed by atoms with van der Waals surface area (Å²) < 4.78 is 0. The van der Waals surface area contributed by atoms with Crippen LogP contribution < -0.4 is 0 Å². The first-order valence-corrected chi connectivity index (χ1v) is 5.32. The second kappa shape index (κ2) is 6.65. The van der Waals surface area contributed by atoms with E-state index < -0.39 is 11.9 Å². The fourth-order valence-electron chi connectivity index (χ4n) is 1.56. The second-order valence-corrected chi connectivity index (χ2v) is 4.40. The van der Waals surface area contributed by atoms with Gasteiger partial charge in [0.05, 0.1) is 5.92 Å². The molecule has 0 radical (unpaired) electrons. The Kier molecular flexibility index (Phi) is 6.28. The van der Waals surface area contributed by atoms with Crippen LogP contribution in [0, 0.1) is 5.92 Å². The number of aliphatic carboxylic acids is 1. The molecule has 0 aromatic heterocycles. The summed E-state index contributed by atoms with van der Waals surface area (Å²) in [7, 11) is 0. The van der Waals surface area contributed by atoms with Crippen molar-refractivity contribution in [2.45, 2.75) is 33.1 Å². The smallest absolute Gasteiger partial charge is 0.310 e. The highest BCUT2D eigenvalue weighted by atomic mass is 31.0. The van der Waals surface area contributed by atoms with E-state index in [1.54, 1.807) is 6.92 Å². The number of benzene rings is 1. The maximum Gasteiger partial charge on any atom is 0.310 e. The lowest BCUT2D eigenvalue weighted by Crippen LogP contribution is -2.07. The van der Waals surface area contributed by atoms with Crippen molar-refractivity contribution in [2.24, 2.45) is 5.92 Å². The molecule has 2 unspecified atom stereocenters. The molecule has 0 bridgehead atoms. The van der Waals surface area contributed by atoms with Crippen LogP contribution >= 0.6 is 9.90 Å². The van der Waals surface area contributed by atoms with Gasteiger partial charge in [-0.1, -0.05) is 38.1 Å². The Morgan fingerprint density at radius 3 is 2.06 bits per heavy atom. The van der Waals surface area contributed by atoms with Gasteiger partial charge >= 0.3 is 5.97 Å². The van der Waals surface area contributed by atoms with Crippen molar-refractivity contribution in [1.82, 2.24) is 0 Å². The molecule has 3 heteroatoms. The lowest BCUT2D eigenvalue weighted by molar-refractivity contribution is -0.138. The molecule has 0 aliphatic carbocycles. The van der Waals surface area contributed by atoms with Gasteiger partial charge in [-0.25, -0.2) is 0 Å². The van der Waals surface area contributed by atoms with Crippen LogP contribution in [-0.4, -0.2) is 11.1 Å². The van der Waals surface area contributed by atoms with E-state index in [2.05, 4.69) is 13.8 Å². The van der Waals surface area contributed by atoms with Gasteiger partial charge in [-0.05, 0) is 30.4 Å². The number of rotatable bonds is 4. The van der Waals surface area contributed by atoms with Crippen molar-refractivity contribution >= 4 is 15.9 Å². The van der Waals surface area contributed by atoms with Crippen LogP contribution in [0.15, 0.2) is 24.3 Å². The number of carbonyl (C=O) groups is 1. The summed E-state index contributed by atoms with van der Waals surface area (Å²) in [4.78, 5) is 10.8. The molecule has 1 aromatic carbocycles. The minimum absolute atomic E-state index is 0. The Balaban J connectivity index is 0.00000225. The van der Waals surface area contributed by atoms with Gasteiger partial charge in [0.1, 0.15) is 0 Å². The first-order chi connectivity index (χ1) is 7.00. The maximum absolute atomic E-state index is 10.8. The second-order valence-electron chi connectivity index (χ2n) is 4.40. The number of hydrogen-bond donors (Lipinski definition) is 1. The van der Waals surface area contributed by atoms with Gasteiger partial charge in [-0.15, -0.1) is 0 Å². The van der Waals surface area contributed by atoms with E-state index in [-0.39, 0.29) is 9.90 Å². The van der Waals surface area contributed by atoms with Crippen LogP contribution in [0.5, 0.6) is 0 Å². The molecule has 0 saturated heterocycles. The average Bonchev–Trinajstić information content (AvgIpc) is 2.17. The van der Waals surface area contributed by atoms with Crippen molar-refractivity contribution in [3.63, 3.8) is 0 Å². The highest BCUT2D eigenvalue weighted by molar-refractivity contribution is 6.92. The summed E-state index contributed by atoms with van der Waals surface area (Å²) in [5, 5.41) is 8.85. The molecule has 1 rings (SSSR count). The molecule has 0 saturated carbocycles. The van der Waals surface area contributed by atoms with Crippen LogP contribution in [0.25, 0.3) is 0 Å². The molecule has 1 aromatic rings. The molecular weight excluding hydrogens is 219 g/mol. The minimum atomic E-state index is -0.772. The van der Waals surface area contributed by atoms with Crippen LogP contribution in [0.4, 0.5) is 0 Å². The Labute approximate surface area is 101 Å². The molecule has 0 spiro atoms. The summed E-state index contributed by atoms with van der Waals surface area (Å²) >= 11 is 0. The molecule has 0 heterocycles. The summed E-state index contributed by atoms with van der Waals surface area (Å²) in [6, 6.07) is 7.87. The first kappa shape index (κ1) is 15.1. The summed E-state index contributed by atoms with van der Waals surface area (Å²) in [5.74, 6) is -0.558. The van der Waals surface area contributed by atoms with Crippen LogP contribution in [0.3, 0.4) is 0 Å². The van der Waals surface area contributed by atoms with E-state index >= 15 is 0 Å². The summed E-state index contributed by atoms with van der Waals surface area (Å²) in [5.41, 5.74) is 2.14. The molecule has 0 aliphatic heterocycles. The average molecular weight is 240 g/mol. The predicted molar refractivity (Wildman–Crippen MR) is 72.1 cm³/mol. The van der Waals surface area contributed by atoms with Gasteiger partial charge in [0.25, 0.3) is 0 Å². The van der Waals surface area contributed by atoms with Gasteiger partial charge < -0.3 is 5.11 Å². The van der Waals surface area contributed by atoms with Gasteiger partial charge in [-0.3, -0.25) is 4.79 Å². The van der Waals surface area contributed by atoms with E-state index in [0.717, 1.165) is 12.0 Å². The first-order valence-electron chi connectivity index (χ1n) is 5.32. The van der Waals surface area contributed by atoms with Gasteiger partial charge in [0.2, 0.25) is 0 Å². The van der Waals surface area contributed by atoms with Crippen LogP contribution in [0.1, 0.15) is 37.8 Å². The maximum atomic E-state index is 10.8. The quantitative estimate of drug-likeness (QED) is 0.821. The van der Waals surface area contributed by atoms with Gasteiger partial charge in [0.15, 0.2) is 0 Å². The molecule has 2 atom stereocenters. The molecular formula is C13H21O2P. The molecule has 0 aliphatic rings. The molecule has 0 amide bonds. The van der Waals surface area contributed by atoms with Crippen molar-refractivity contribution in [3.05, 3.63) is 35.4 Å². The molecule has 2 nitrogen and oxygen atoms in total. The highest BCUT2D eigenvalue weighted by Gasteiger charge is 2.12. The monoisotopic (exact) mass is 240 g/mol. The zero-order chi connectivity index (χ0) is 11.4. The zero-order valence-corrected chi connectivity index (χ0v) is 11.6. The normalized spacial score (nSPS) is 12.0. The summed E-state index contributed by atoms with van der Waals surface area (Å²) in [6.07, 6.45) is 1.04. The summed E-state index contributed by atoms with van der Waals surface area (Å²) in [6.45, 7) is 6.06. The van der Waals surface area contributed by atoms with E-state index in [9.17, 15) is 4.79 Å². The number of carboxylic acid groups (broad SMARTS) is 1. The molecule has 1 N–H and O–H groups in total. The SMILES string of the molecule is CC(C)Cc1ccc(C(C)C(=O)O)cc1.P. The zero-order valence-electron chi connectivity index (χ0n) is 10.2. The van der Waals surface area contributed by atoms with E-state index in [1.807, 2.05) is 24.3 Å². The van der Waals surface area contributed by atoms with Crippen LogP contribution in [0.2, 0.25) is 0 Å². The number of carboxylic acids is 1. The van der Waals surface area contributed by atoms with Crippen LogP contribution in [-0.2, 0) is 11.2 Å². The number of hydrogen-bond acceptors (Lipinski definition) is 1. The van der Waals surface area contributed by atoms with Gasteiger partial charge in [0, 0.05) is 0 Å². The third kappa shape index (κ3) is 4.32. The Morgan fingerprint density at radius 1 is 1.19 bits per heavy atom. The van der Waals surface area contributed by atoms with Gasteiger partial charge in [-0.2, -0.15) is 9.90 Å². The Morgan fingerprint density at radius 2 is 1.69 bits per heavy atom. The van der Waals surface area contributed by atoms with Crippen molar-refractivity contribution in [3.8, 4) is 0 Å². The Bertz CT molecular complexity index is 330. The van der Waals surface area contributed by atoms with E-state index in [4.69, 9.17) is 5.11 Å². The predicted octanol–water partition coefficient (Wildman–Crippen LogP) is 3.13. The largest absolute Gasteiger partial charge is 0.481 e. The van der Waals surface area contributed by atoms with E-state index in [1.165, 1.54) is 5.56 Å². The minimum Gasteiger partial charge on any atom is -0.481 e. The van der Waals surface area contributed by atoms with Crippen molar-refractivity contribution in [2.75, 3.05) is 0 Å². The lowest BCUT2D eigenvalue weighted by Gasteiger charge is -2.09. The van der Waals surface area contributed by atoms with Crippen molar-refractivity contribution in [1.29, 1.82) is 0 Å². The highest BCUT2D eigenvalue weighted by Crippen LogP contribution is 2.17. The third-order valence-corrected chi connectivity index (χ3v) is 2.49. The molecule has 0 fully saturated rings. The van der Waals surface area contributed by atoms with Crippen molar-refractivity contribution < 1.29 is 9.90 Å². The standard InChI is InChI=1S/C13H18O2.H3P/c1-9(2)8-11-4-6-12(7-5-11)10(3)13(14)15;/h4-7,9-10H,8H2,1-3H3,(H,14,15);1H3. The molecule has 16 heavy (non-hydrogen) atoms.